The molecule has 1 aromatic rings. The highest BCUT2D eigenvalue weighted by atomic mass is 127. The van der Waals surface area contributed by atoms with Gasteiger partial charge in [-0.05, 0) is 72.8 Å². The molecule has 1 heterocycles. The lowest BCUT2D eigenvalue weighted by molar-refractivity contribution is -0.120. The van der Waals surface area contributed by atoms with Crippen LogP contribution in [0.2, 0.25) is 0 Å². The molecule has 1 aliphatic rings. The second-order valence-corrected chi connectivity index (χ2v) is 5.27. The predicted octanol–water partition coefficient (Wildman–Crippen LogP) is 2.23. The first-order valence-corrected chi connectivity index (χ1v) is 6.61. The number of hydrogen-bond donors (Lipinski definition) is 2. The van der Waals surface area contributed by atoms with E-state index >= 15 is 0 Å². The zero-order chi connectivity index (χ0) is 11.4. The second-order valence-electron chi connectivity index (χ2n) is 4.02. The summed E-state index contributed by atoms with van der Waals surface area (Å²) < 4.78 is 1.18. The van der Waals surface area contributed by atoms with E-state index < -0.39 is 0 Å². The number of hydrogen-bond acceptors (Lipinski definition) is 2. The average Bonchev–Trinajstić information content (AvgIpc) is 2.33. The minimum atomic E-state index is 0.155. The maximum atomic E-state index is 11.9. The molecule has 0 bridgehead atoms. The summed E-state index contributed by atoms with van der Waals surface area (Å²) in [6, 6.07) is 7.89. The van der Waals surface area contributed by atoms with E-state index in [4.69, 9.17) is 0 Å². The average molecular weight is 330 g/mol. The number of nitrogens with one attached hydrogen (secondary N) is 2. The van der Waals surface area contributed by atoms with Crippen molar-refractivity contribution < 1.29 is 4.79 Å². The second kappa shape index (κ2) is 5.63. The van der Waals surface area contributed by atoms with Crippen molar-refractivity contribution in [3.8, 4) is 0 Å². The topological polar surface area (TPSA) is 41.1 Å². The largest absolute Gasteiger partial charge is 0.326 e. The normalized spacial score (nSPS) is 17.1. The van der Waals surface area contributed by atoms with E-state index in [0.29, 0.717) is 0 Å². The number of halogens is 1. The lowest BCUT2D eigenvalue weighted by Crippen LogP contribution is -2.34. The summed E-state index contributed by atoms with van der Waals surface area (Å²) in [6.45, 7) is 1.90. The van der Waals surface area contributed by atoms with Crippen LogP contribution in [-0.4, -0.2) is 19.0 Å². The van der Waals surface area contributed by atoms with Crippen LogP contribution in [0.3, 0.4) is 0 Å². The first kappa shape index (κ1) is 11.9. The Labute approximate surface area is 109 Å². The number of anilines is 1. The quantitative estimate of drug-likeness (QED) is 0.817. The van der Waals surface area contributed by atoms with Crippen LogP contribution in [0.5, 0.6) is 0 Å². The van der Waals surface area contributed by atoms with Gasteiger partial charge in [0.15, 0.2) is 0 Å². The molecule has 0 saturated carbocycles. The number of rotatable bonds is 2. The zero-order valence-electron chi connectivity index (χ0n) is 9.00. The number of piperidine rings is 1. The van der Waals surface area contributed by atoms with Crippen molar-refractivity contribution in [2.24, 2.45) is 5.92 Å². The monoisotopic (exact) mass is 330 g/mol. The molecule has 2 rings (SSSR count). The van der Waals surface area contributed by atoms with E-state index in [1.165, 1.54) is 3.57 Å². The fourth-order valence-corrected chi connectivity index (χ4v) is 2.22. The van der Waals surface area contributed by atoms with E-state index in [-0.39, 0.29) is 11.8 Å². The maximum Gasteiger partial charge on any atom is 0.227 e. The Balaban J connectivity index is 1.93. The Hall–Kier alpha value is -0.620. The van der Waals surface area contributed by atoms with Crippen molar-refractivity contribution in [2.45, 2.75) is 12.8 Å². The van der Waals surface area contributed by atoms with Gasteiger partial charge in [0.2, 0.25) is 5.91 Å². The molecule has 3 nitrogen and oxygen atoms in total. The summed E-state index contributed by atoms with van der Waals surface area (Å²) in [5.41, 5.74) is 0.893. The summed E-state index contributed by atoms with van der Waals surface area (Å²) in [5, 5.41) is 6.23. The van der Waals surface area contributed by atoms with Crippen LogP contribution in [0, 0.1) is 9.49 Å². The maximum absolute atomic E-state index is 11.9. The van der Waals surface area contributed by atoms with Crippen LogP contribution in [0.15, 0.2) is 24.3 Å². The first-order chi connectivity index (χ1) is 7.75. The fourth-order valence-electron chi connectivity index (χ4n) is 1.86. The Bertz CT molecular complexity index is 358. The number of amides is 1. The highest BCUT2D eigenvalue weighted by Gasteiger charge is 2.20. The molecule has 1 saturated heterocycles. The lowest BCUT2D eigenvalue weighted by Gasteiger charge is -2.21. The van der Waals surface area contributed by atoms with Crippen LogP contribution in [0.4, 0.5) is 5.69 Å². The summed E-state index contributed by atoms with van der Waals surface area (Å²) in [7, 11) is 0. The standard InChI is InChI=1S/C12H15IN2O/c13-10-1-3-11(4-2-10)15-12(16)9-5-7-14-8-6-9/h1-4,9,14H,5-8H2,(H,15,16). The predicted molar refractivity (Wildman–Crippen MR) is 73.4 cm³/mol. The molecule has 0 radical (unpaired) electrons. The van der Waals surface area contributed by atoms with Gasteiger partial charge in [-0.1, -0.05) is 0 Å². The summed E-state index contributed by atoms with van der Waals surface area (Å²) in [4.78, 5) is 11.9. The molecule has 0 aliphatic carbocycles. The van der Waals surface area contributed by atoms with Crippen LogP contribution in [0.25, 0.3) is 0 Å². The van der Waals surface area contributed by atoms with Crippen molar-refractivity contribution in [3.63, 3.8) is 0 Å². The van der Waals surface area contributed by atoms with Crippen LogP contribution in [-0.2, 0) is 4.79 Å². The molecule has 0 unspecified atom stereocenters. The van der Waals surface area contributed by atoms with Crippen molar-refractivity contribution in [2.75, 3.05) is 18.4 Å². The number of carbonyl (C=O) groups excluding carboxylic acids is 1. The van der Waals surface area contributed by atoms with Crippen LogP contribution >= 0.6 is 22.6 Å². The summed E-state index contributed by atoms with van der Waals surface area (Å²) in [6.07, 6.45) is 1.88. The molecule has 1 amide bonds. The van der Waals surface area contributed by atoms with Crippen LogP contribution < -0.4 is 10.6 Å². The first-order valence-electron chi connectivity index (χ1n) is 5.53. The van der Waals surface area contributed by atoms with Gasteiger partial charge < -0.3 is 10.6 Å². The molecule has 4 heteroatoms. The third-order valence-corrected chi connectivity index (χ3v) is 3.54. The molecular formula is C12H15IN2O. The smallest absolute Gasteiger partial charge is 0.227 e. The van der Waals surface area contributed by atoms with Crippen molar-refractivity contribution in [1.82, 2.24) is 5.32 Å². The van der Waals surface area contributed by atoms with Crippen LogP contribution in [0.1, 0.15) is 12.8 Å². The third kappa shape index (κ3) is 3.18. The highest BCUT2D eigenvalue weighted by Crippen LogP contribution is 2.16. The Morgan fingerprint density at radius 3 is 2.50 bits per heavy atom. The summed E-state index contributed by atoms with van der Waals surface area (Å²) >= 11 is 2.25. The van der Waals surface area contributed by atoms with Gasteiger partial charge in [0.1, 0.15) is 0 Å². The minimum Gasteiger partial charge on any atom is -0.326 e. The summed E-state index contributed by atoms with van der Waals surface area (Å²) in [5.74, 6) is 0.322. The number of carbonyl (C=O) groups is 1. The molecule has 86 valence electrons. The molecule has 1 aromatic carbocycles. The SMILES string of the molecule is O=C(Nc1ccc(I)cc1)C1CCNCC1. The molecular weight excluding hydrogens is 315 g/mol. The van der Waals surface area contributed by atoms with Gasteiger partial charge >= 0.3 is 0 Å². The van der Waals surface area contributed by atoms with Gasteiger partial charge in [-0.2, -0.15) is 0 Å². The van der Waals surface area contributed by atoms with Crippen molar-refractivity contribution in [1.29, 1.82) is 0 Å². The lowest BCUT2D eigenvalue weighted by atomic mass is 9.97. The Kier molecular flexibility index (Phi) is 4.17. The van der Waals surface area contributed by atoms with Crippen molar-refractivity contribution in [3.05, 3.63) is 27.8 Å². The highest BCUT2D eigenvalue weighted by molar-refractivity contribution is 14.1. The van der Waals surface area contributed by atoms with E-state index in [2.05, 4.69) is 33.2 Å². The minimum absolute atomic E-state index is 0.155. The fraction of sp³-hybridized carbons (Fsp3) is 0.417. The van der Waals surface area contributed by atoms with Gasteiger partial charge in [-0.15, -0.1) is 0 Å². The Morgan fingerprint density at radius 1 is 1.25 bits per heavy atom. The van der Waals surface area contributed by atoms with Gasteiger partial charge in [-0.25, -0.2) is 0 Å². The third-order valence-electron chi connectivity index (χ3n) is 2.82. The van der Waals surface area contributed by atoms with Crippen molar-refractivity contribution >= 4 is 34.2 Å². The molecule has 1 aliphatic heterocycles. The molecule has 2 N–H and O–H groups in total. The van der Waals surface area contributed by atoms with Gasteiger partial charge in [-0.3, -0.25) is 4.79 Å². The Morgan fingerprint density at radius 2 is 1.88 bits per heavy atom. The molecule has 0 atom stereocenters. The van der Waals surface area contributed by atoms with Gasteiger partial charge in [0.05, 0.1) is 0 Å². The number of benzene rings is 1. The van der Waals surface area contributed by atoms with E-state index in [1.807, 2.05) is 24.3 Å². The zero-order valence-corrected chi connectivity index (χ0v) is 11.2. The van der Waals surface area contributed by atoms with E-state index in [1.54, 1.807) is 0 Å². The van der Waals surface area contributed by atoms with Gasteiger partial charge in [0.25, 0.3) is 0 Å². The van der Waals surface area contributed by atoms with E-state index in [0.717, 1.165) is 31.6 Å². The molecule has 0 spiro atoms. The molecule has 16 heavy (non-hydrogen) atoms. The van der Waals surface area contributed by atoms with Gasteiger partial charge in [0, 0.05) is 15.2 Å². The molecule has 0 aromatic heterocycles. The van der Waals surface area contributed by atoms with E-state index in [9.17, 15) is 4.79 Å². The molecule has 1 fully saturated rings.